The van der Waals surface area contributed by atoms with Crippen LogP contribution in [0.25, 0.3) is 0 Å². The molecule has 0 aliphatic heterocycles. The van der Waals surface area contributed by atoms with Gasteiger partial charge in [0, 0.05) is 25.1 Å². The Kier molecular flexibility index (Phi) is 5.37. The van der Waals surface area contributed by atoms with Crippen LogP contribution in [0.3, 0.4) is 0 Å². The molecule has 5 heteroatoms. The number of rotatable bonds is 6. The summed E-state index contributed by atoms with van der Waals surface area (Å²) in [6, 6.07) is 7.05. The van der Waals surface area contributed by atoms with Crippen molar-refractivity contribution < 1.29 is 9.50 Å². The van der Waals surface area contributed by atoms with E-state index in [0.29, 0.717) is 18.0 Å². The highest BCUT2D eigenvalue weighted by Gasteiger charge is 2.14. The average molecular weight is 311 g/mol. The molecule has 0 aliphatic carbocycles. The minimum Gasteiger partial charge on any atom is -0.392 e. The number of nitrogens with zero attached hydrogens (tertiary/aromatic N) is 2. The first-order valence-corrected chi connectivity index (χ1v) is 7.54. The molecular weight excluding hydrogens is 291 g/mol. The smallest absolute Gasteiger partial charge is 0.145 e. The van der Waals surface area contributed by atoms with Gasteiger partial charge in [-0.25, -0.2) is 4.39 Å². The van der Waals surface area contributed by atoms with Gasteiger partial charge in [0.25, 0.3) is 0 Å². The van der Waals surface area contributed by atoms with E-state index in [4.69, 9.17) is 11.6 Å². The highest BCUT2D eigenvalue weighted by molar-refractivity contribution is 6.30. The Hall–Kier alpha value is -1.39. The van der Waals surface area contributed by atoms with E-state index in [-0.39, 0.29) is 11.4 Å². The van der Waals surface area contributed by atoms with E-state index in [9.17, 15) is 9.50 Å². The summed E-state index contributed by atoms with van der Waals surface area (Å²) in [5, 5.41) is 14.6. The molecule has 0 saturated heterocycles. The Morgan fingerprint density at radius 2 is 2.10 bits per heavy atom. The van der Waals surface area contributed by atoms with Crippen molar-refractivity contribution in [3.8, 4) is 0 Å². The van der Waals surface area contributed by atoms with Crippen LogP contribution < -0.4 is 0 Å². The second kappa shape index (κ2) is 7.05. The second-order valence-corrected chi connectivity index (χ2v) is 5.73. The maximum Gasteiger partial charge on any atom is 0.145 e. The summed E-state index contributed by atoms with van der Waals surface area (Å²) in [5.74, 6) is -0.455. The lowest BCUT2D eigenvalue weighted by molar-refractivity contribution is 0.172. The highest BCUT2D eigenvalue weighted by Crippen LogP contribution is 2.20. The molecule has 0 saturated carbocycles. The third-order valence-electron chi connectivity index (χ3n) is 3.64. The van der Waals surface area contributed by atoms with Crippen molar-refractivity contribution in [2.24, 2.45) is 0 Å². The van der Waals surface area contributed by atoms with Gasteiger partial charge in [0.15, 0.2) is 0 Å². The molecule has 0 amide bonds. The molecule has 1 N–H and O–H groups in total. The van der Waals surface area contributed by atoms with Crippen LogP contribution in [-0.2, 0) is 12.8 Å². The molecule has 2 aromatic rings. The molecule has 0 fully saturated rings. The van der Waals surface area contributed by atoms with E-state index in [1.54, 1.807) is 12.1 Å². The molecule has 1 aromatic heterocycles. The predicted octanol–water partition coefficient (Wildman–Crippen LogP) is 3.79. The molecule has 3 nitrogen and oxygen atoms in total. The molecule has 21 heavy (non-hydrogen) atoms. The summed E-state index contributed by atoms with van der Waals surface area (Å²) in [5.41, 5.74) is 1.24. The van der Waals surface area contributed by atoms with Crippen LogP contribution in [0.2, 0.25) is 5.02 Å². The predicted molar refractivity (Wildman–Crippen MR) is 82.1 cm³/mol. The molecule has 0 radical (unpaired) electrons. The fraction of sp³-hybridized carbons (Fsp3) is 0.438. The van der Waals surface area contributed by atoms with Crippen molar-refractivity contribution in [3.05, 3.63) is 52.6 Å². The van der Waals surface area contributed by atoms with Crippen LogP contribution in [0, 0.1) is 5.82 Å². The Morgan fingerprint density at radius 3 is 2.81 bits per heavy atom. The van der Waals surface area contributed by atoms with Crippen molar-refractivity contribution in [1.82, 2.24) is 9.78 Å². The maximum atomic E-state index is 13.8. The monoisotopic (exact) mass is 310 g/mol. The van der Waals surface area contributed by atoms with Gasteiger partial charge in [-0.1, -0.05) is 30.7 Å². The van der Waals surface area contributed by atoms with E-state index >= 15 is 0 Å². The summed E-state index contributed by atoms with van der Waals surface area (Å²) in [6.07, 6.45) is 2.85. The molecule has 0 bridgehead atoms. The first-order chi connectivity index (χ1) is 10.0. The molecule has 2 rings (SSSR count). The minimum absolute atomic E-state index is 0.0840. The fourth-order valence-corrected chi connectivity index (χ4v) is 2.39. The first-order valence-electron chi connectivity index (χ1n) is 7.16. The maximum absolute atomic E-state index is 13.8. The molecule has 2 atom stereocenters. The fourth-order valence-electron chi connectivity index (χ4n) is 2.19. The standard InChI is InChI=1S/C16H20ClFN2O/c1-3-11(2)20-8-7-13(19-20)10-14(21)9-12-5-4-6-15(17)16(12)18/h4-8,11,14,21H,3,9-10H2,1-2H3. The number of hydrogen-bond donors (Lipinski definition) is 1. The van der Waals surface area contributed by atoms with Gasteiger partial charge < -0.3 is 5.11 Å². The summed E-state index contributed by atoms with van der Waals surface area (Å²) in [7, 11) is 0. The molecule has 114 valence electrons. The summed E-state index contributed by atoms with van der Waals surface area (Å²) >= 11 is 5.74. The number of halogens is 2. The van der Waals surface area contributed by atoms with E-state index in [1.165, 1.54) is 6.07 Å². The largest absolute Gasteiger partial charge is 0.392 e. The zero-order chi connectivity index (χ0) is 15.4. The van der Waals surface area contributed by atoms with Crippen molar-refractivity contribution in [2.45, 2.75) is 45.3 Å². The van der Waals surface area contributed by atoms with Crippen molar-refractivity contribution in [3.63, 3.8) is 0 Å². The van der Waals surface area contributed by atoms with Crippen LogP contribution in [0.1, 0.15) is 37.6 Å². The lowest BCUT2D eigenvalue weighted by Gasteiger charge is -2.11. The van der Waals surface area contributed by atoms with Crippen LogP contribution in [-0.4, -0.2) is 21.0 Å². The average Bonchev–Trinajstić information content (AvgIpc) is 2.91. The van der Waals surface area contributed by atoms with Gasteiger partial charge in [0.2, 0.25) is 0 Å². The quantitative estimate of drug-likeness (QED) is 0.881. The van der Waals surface area contributed by atoms with Crippen LogP contribution in [0.4, 0.5) is 4.39 Å². The van der Waals surface area contributed by atoms with Crippen molar-refractivity contribution >= 4 is 11.6 Å². The number of benzene rings is 1. The van der Waals surface area contributed by atoms with E-state index < -0.39 is 11.9 Å². The molecule has 1 heterocycles. The Morgan fingerprint density at radius 1 is 1.33 bits per heavy atom. The van der Waals surface area contributed by atoms with Crippen LogP contribution in [0.15, 0.2) is 30.5 Å². The van der Waals surface area contributed by atoms with E-state index in [2.05, 4.69) is 18.9 Å². The lowest BCUT2D eigenvalue weighted by atomic mass is 10.0. The van der Waals surface area contributed by atoms with Gasteiger partial charge in [-0.05, 0) is 31.0 Å². The first kappa shape index (κ1) is 16.0. The number of aliphatic hydroxyl groups is 1. The topological polar surface area (TPSA) is 38.0 Å². The normalized spacial score (nSPS) is 14.1. The van der Waals surface area contributed by atoms with E-state index in [1.807, 2.05) is 16.9 Å². The summed E-state index contributed by atoms with van der Waals surface area (Å²) < 4.78 is 15.7. The molecule has 0 aliphatic rings. The zero-order valence-corrected chi connectivity index (χ0v) is 13.0. The molecule has 1 aromatic carbocycles. The Bertz CT molecular complexity index is 600. The van der Waals surface area contributed by atoms with Crippen LogP contribution >= 0.6 is 11.6 Å². The van der Waals surface area contributed by atoms with Gasteiger partial charge in [0.1, 0.15) is 5.82 Å². The lowest BCUT2D eigenvalue weighted by Crippen LogP contribution is -2.16. The third kappa shape index (κ3) is 4.05. The second-order valence-electron chi connectivity index (χ2n) is 5.32. The number of aliphatic hydroxyl groups excluding tert-OH is 1. The zero-order valence-electron chi connectivity index (χ0n) is 12.3. The summed E-state index contributed by atoms with van der Waals surface area (Å²) in [6.45, 7) is 4.19. The van der Waals surface area contributed by atoms with E-state index in [0.717, 1.165) is 12.1 Å². The number of hydrogen-bond acceptors (Lipinski definition) is 2. The minimum atomic E-state index is -0.682. The number of aromatic nitrogens is 2. The molecular formula is C16H20ClFN2O. The van der Waals surface area contributed by atoms with Crippen molar-refractivity contribution in [2.75, 3.05) is 0 Å². The van der Waals surface area contributed by atoms with Gasteiger partial charge >= 0.3 is 0 Å². The highest BCUT2D eigenvalue weighted by atomic mass is 35.5. The van der Waals surface area contributed by atoms with Gasteiger partial charge in [-0.2, -0.15) is 5.10 Å². The Balaban J connectivity index is 2.00. The SMILES string of the molecule is CCC(C)n1ccc(CC(O)Cc2cccc(Cl)c2F)n1. The molecule has 0 spiro atoms. The third-order valence-corrected chi connectivity index (χ3v) is 3.93. The van der Waals surface area contributed by atoms with Gasteiger partial charge in [0.05, 0.1) is 16.8 Å². The summed E-state index contributed by atoms with van der Waals surface area (Å²) in [4.78, 5) is 0. The van der Waals surface area contributed by atoms with Gasteiger partial charge in [-0.3, -0.25) is 4.68 Å². The van der Waals surface area contributed by atoms with Crippen molar-refractivity contribution in [1.29, 1.82) is 0 Å². The Labute approximate surface area is 129 Å². The van der Waals surface area contributed by atoms with Gasteiger partial charge in [-0.15, -0.1) is 0 Å². The van der Waals surface area contributed by atoms with Crippen LogP contribution in [0.5, 0.6) is 0 Å². The molecule has 2 unspecified atom stereocenters.